The first kappa shape index (κ1) is 26.7. The van der Waals surface area contributed by atoms with Gasteiger partial charge in [-0.3, -0.25) is 4.79 Å². The SMILES string of the molecule is Cc1ccc2c(N)c(C(=O)N[C@H]3COc4cc(OC5CCC6(C5)CN(C(=O)OC(C)(C)C)C6)ccc4C3)sc2n1. The van der Waals surface area contributed by atoms with E-state index in [1.165, 1.54) is 11.3 Å². The average Bonchev–Trinajstić information content (AvgIpc) is 3.43. The van der Waals surface area contributed by atoms with E-state index in [0.717, 1.165) is 65.3 Å². The Balaban J connectivity index is 1.03. The minimum atomic E-state index is -0.481. The summed E-state index contributed by atoms with van der Waals surface area (Å²) in [4.78, 5) is 32.9. The van der Waals surface area contributed by atoms with Crippen LogP contribution in [0.4, 0.5) is 10.5 Å². The molecule has 1 aromatic carbocycles. The van der Waals surface area contributed by atoms with Crippen LogP contribution in [0.5, 0.6) is 11.5 Å². The summed E-state index contributed by atoms with van der Waals surface area (Å²) < 4.78 is 17.9. The lowest BCUT2D eigenvalue weighted by Gasteiger charge is -2.48. The van der Waals surface area contributed by atoms with Crippen LogP contribution >= 0.6 is 11.3 Å². The van der Waals surface area contributed by atoms with Crippen molar-refractivity contribution in [1.29, 1.82) is 0 Å². The number of thiophene rings is 1. The van der Waals surface area contributed by atoms with Crippen molar-refractivity contribution >= 4 is 39.2 Å². The highest BCUT2D eigenvalue weighted by atomic mass is 32.1. The third-order valence-electron chi connectivity index (χ3n) is 7.88. The maximum atomic E-state index is 13.0. The van der Waals surface area contributed by atoms with Gasteiger partial charge in [0.05, 0.1) is 17.8 Å². The van der Waals surface area contributed by atoms with Crippen molar-refractivity contribution in [1.82, 2.24) is 15.2 Å². The Bertz CT molecular complexity index is 1470. The summed E-state index contributed by atoms with van der Waals surface area (Å²) in [6, 6.07) is 9.59. The van der Waals surface area contributed by atoms with Crippen molar-refractivity contribution in [2.24, 2.45) is 5.41 Å². The number of hydrogen-bond acceptors (Lipinski definition) is 8. The van der Waals surface area contributed by atoms with E-state index >= 15 is 0 Å². The number of rotatable bonds is 4. The maximum Gasteiger partial charge on any atom is 0.410 e. The third kappa shape index (κ3) is 5.29. The van der Waals surface area contributed by atoms with E-state index < -0.39 is 5.60 Å². The number of pyridine rings is 1. The van der Waals surface area contributed by atoms with Crippen molar-refractivity contribution < 1.29 is 23.8 Å². The number of benzene rings is 1. The van der Waals surface area contributed by atoms with E-state index in [4.69, 9.17) is 19.9 Å². The first-order chi connectivity index (χ1) is 19.0. The van der Waals surface area contributed by atoms with E-state index in [1.54, 1.807) is 4.90 Å². The lowest BCUT2D eigenvalue weighted by atomic mass is 9.78. The number of aryl methyl sites for hydroxylation is 1. The van der Waals surface area contributed by atoms with Gasteiger partial charge < -0.3 is 30.2 Å². The van der Waals surface area contributed by atoms with Crippen molar-refractivity contribution in [3.63, 3.8) is 0 Å². The Labute approximate surface area is 238 Å². The molecule has 9 nitrogen and oxygen atoms in total. The number of nitrogen functional groups attached to an aromatic ring is 1. The number of nitrogens with two attached hydrogens (primary N) is 1. The molecule has 1 spiro atoms. The van der Waals surface area contributed by atoms with Gasteiger partial charge in [-0.05, 0) is 77.1 Å². The van der Waals surface area contributed by atoms with Crippen LogP contribution in [0.2, 0.25) is 0 Å². The standard InChI is InChI=1S/C30H36N4O5S/c1-17-5-8-22-24(31)25(40-27(22)32-17)26(35)33-19-11-18-6-7-20(12-23(18)37-14-19)38-21-9-10-30(13-21)15-34(16-30)28(36)39-29(2,3)4/h5-8,12,19,21H,9-11,13-16,31H2,1-4H3,(H,33,35)/t19-,21?/m1/s1. The topological polar surface area (TPSA) is 116 Å². The molecule has 2 amide bonds. The van der Waals surface area contributed by atoms with E-state index in [-0.39, 0.29) is 29.6 Å². The number of nitrogens with one attached hydrogen (secondary N) is 1. The molecule has 0 radical (unpaired) electrons. The molecular weight excluding hydrogens is 528 g/mol. The minimum absolute atomic E-state index is 0.111. The van der Waals surface area contributed by atoms with E-state index in [9.17, 15) is 9.59 Å². The van der Waals surface area contributed by atoms with Gasteiger partial charge >= 0.3 is 6.09 Å². The number of aromatic nitrogens is 1. The molecule has 1 saturated heterocycles. The number of nitrogens with zero attached hydrogens (tertiary/aromatic N) is 2. The second kappa shape index (κ2) is 9.83. The quantitative estimate of drug-likeness (QED) is 0.454. The van der Waals surface area contributed by atoms with Gasteiger partial charge in [-0.1, -0.05) is 6.07 Å². The first-order valence-electron chi connectivity index (χ1n) is 13.8. The zero-order valence-corrected chi connectivity index (χ0v) is 24.2. The molecule has 3 aliphatic rings. The van der Waals surface area contributed by atoms with Crippen molar-refractivity contribution in [3.05, 3.63) is 46.5 Å². The van der Waals surface area contributed by atoms with Crippen molar-refractivity contribution in [2.75, 3.05) is 25.4 Å². The number of anilines is 1. The van der Waals surface area contributed by atoms with Crippen LogP contribution in [-0.4, -0.2) is 59.3 Å². The van der Waals surface area contributed by atoms with E-state index in [0.29, 0.717) is 23.6 Å². The zero-order valence-electron chi connectivity index (χ0n) is 23.4. The number of ether oxygens (including phenoxy) is 3. The molecule has 1 saturated carbocycles. The first-order valence-corrected chi connectivity index (χ1v) is 14.7. The highest BCUT2D eigenvalue weighted by Gasteiger charge is 2.51. The van der Waals surface area contributed by atoms with Crippen LogP contribution in [0.1, 0.15) is 61.0 Å². The van der Waals surface area contributed by atoms with Gasteiger partial charge in [0.25, 0.3) is 5.91 Å². The fourth-order valence-corrected chi connectivity index (χ4v) is 7.02. The summed E-state index contributed by atoms with van der Waals surface area (Å²) in [5.74, 6) is 1.37. The second-order valence-electron chi connectivity index (χ2n) is 12.4. The van der Waals surface area contributed by atoms with Gasteiger partial charge in [-0.15, -0.1) is 11.3 Å². The van der Waals surface area contributed by atoms with Crippen LogP contribution < -0.4 is 20.5 Å². The molecule has 2 aromatic heterocycles. The highest BCUT2D eigenvalue weighted by molar-refractivity contribution is 7.21. The Kier molecular flexibility index (Phi) is 6.56. The van der Waals surface area contributed by atoms with Gasteiger partial charge in [0.1, 0.15) is 33.4 Å². The molecule has 2 aliphatic heterocycles. The number of fused-ring (bicyclic) bond motifs is 2. The maximum absolute atomic E-state index is 13.0. The van der Waals surface area contributed by atoms with E-state index in [1.807, 2.05) is 58.0 Å². The number of hydrogen-bond donors (Lipinski definition) is 2. The van der Waals surface area contributed by atoms with Crippen LogP contribution in [0.3, 0.4) is 0 Å². The summed E-state index contributed by atoms with van der Waals surface area (Å²) in [6.45, 7) is 9.41. The van der Waals surface area contributed by atoms with E-state index in [2.05, 4.69) is 10.3 Å². The molecule has 40 heavy (non-hydrogen) atoms. The van der Waals surface area contributed by atoms with Crippen LogP contribution in [0.25, 0.3) is 10.2 Å². The van der Waals surface area contributed by atoms with Crippen LogP contribution in [0.15, 0.2) is 30.3 Å². The monoisotopic (exact) mass is 564 g/mol. The summed E-state index contributed by atoms with van der Waals surface area (Å²) in [6.07, 6.45) is 3.47. The molecule has 2 fully saturated rings. The smallest absolute Gasteiger partial charge is 0.410 e. The van der Waals surface area contributed by atoms with Gasteiger partial charge in [0.15, 0.2) is 0 Å². The highest BCUT2D eigenvalue weighted by Crippen LogP contribution is 2.47. The van der Waals surface area contributed by atoms with Crippen LogP contribution in [0, 0.1) is 12.3 Å². The number of carbonyl (C=O) groups excluding carboxylic acids is 2. The van der Waals surface area contributed by atoms with Crippen molar-refractivity contribution in [2.45, 2.75) is 71.1 Å². The Morgan fingerprint density at radius 2 is 2.02 bits per heavy atom. The number of amides is 2. The van der Waals surface area contributed by atoms with Gasteiger partial charge in [0, 0.05) is 35.7 Å². The predicted molar refractivity (Wildman–Crippen MR) is 154 cm³/mol. The fourth-order valence-electron chi connectivity index (χ4n) is 5.98. The molecule has 1 unspecified atom stereocenters. The molecule has 10 heteroatoms. The number of likely N-dealkylation sites (tertiary alicyclic amines) is 1. The second-order valence-corrected chi connectivity index (χ2v) is 13.4. The molecular formula is C30H36N4O5S. The molecule has 0 bridgehead atoms. The van der Waals surface area contributed by atoms with Crippen molar-refractivity contribution in [3.8, 4) is 11.5 Å². The summed E-state index contributed by atoms with van der Waals surface area (Å²) in [5, 5.41) is 3.89. The summed E-state index contributed by atoms with van der Waals surface area (Å²) in [5.41, 5.74) is 8.30. The Morgan fingerprint density at radius 3 is 2.80 bits per heavy atom. The van der Waals surface area contributed by atoms with Gasteiger partial charge in [0.2, 0.25) is 0 Å². The van der Waals surface area contributed by atoms with Gasteiger partial charge in [-0.25, -0.2) is 9.78 Å². The molecule has 3 N–H and O–H groups in total. The summed E-state index contributed by atoms with van der Waals surface area (Å²) >= 11 is 1.32. The van der Waals surface area contributed by atoms with Crippen LogP contribution in [-0.2, 0) is 11.2 Å². The molecule has 3 aromatic rings. The molecule has 1 aliphatic carbocycles. The largest absolute Gasteiger partial charge is 0.491 e. The molecule has 212 valence electrons. The third-order valence-corrected chi connectivity index (χ3v) is 9.00. The molecule has 2 atom stereocenters. The Morgan fingerprint density at radius 1 is 1.23 bits per heavy atom. The lowest BCUT2D eigenvalue weighted by Crippen LogP contribution is -2.58. The Hall–Kier alpha value is -3.53. The minimum Gasteiger partial charge on any atom is -0.491 e. The lowest BCUT2D eigenvalue weighted by molar-refractivity contribution is -0.0350. The molecule has 4 heterocycles. The van der Waals surface area contributed by atoms with Gasteiger partial charge in [-0.2, -0.15) is 0 Å². The summed E-state index contributed by atoms with van der Waals surface area (Å²) in [7, 11) is 0. The fraction of sp³-hybridized carbons (Fsp3) is 0.500. The zero-order chi connectivity index (χ0) is 28.2. The predicted octanol–water partition coefficient (Wildman–Crippen LogP) is 5.09. The average molecular weight is 565 g/mol. The normalized spacial score (nSPS) is 21.4. The number of carbonyl (C=O) groups is 2. The molecule has 6 rings (SSSR count).